The van der Waals surface area contributed by atoms with Crippen molar-refractivity contribution in [3.63, 3.8) is 0 Å². The Balaban J connectivity index is 2.59. The van der Waals surface area contributed by atoms with E-state index in [-0.39, 0.29) is 17.9 Å². The van der Waals surface area contributed by atoms with Crippen LogP contribution in [0.25, 0.3) is 0 Å². The third-order valence-electron chi connectivity index (χ3n) is 1.26. The fourth-order valence-corrected chi connectivity index (χ4v) is 0.723. The lowest BCUT2D eigenvalue weighted by atomic mass is 10.1. The van der Waals surface area contributed by atoms with E-state index in [1.807, 2.05) is 13.8 Å². The molecule has 0 radical (unpaired) electrons. The highest BCUT2D eigenvalue weighted by atomic mass is 16.5. The van der Waals surface area contributed by atoms with Gasteiger partial charge in [0.05, 0.1) is 0 Å². The summed E-state index contributed by atoms with van der Waals surface area (Å²) in [6.07, 6.45) is 1.22. The minimum absolute atomic E-state index is 0.231. The zero-order valence-corrected chi connectivity index (χ0v) is 5.50. The van der Waals surface area contributed by atoms with Crippen molar-refractivity contribution >= 4 is 12.4 Å². The molecule has 0 bridgehead atoms. The lowest BCUT2D eigenvalue weighted by molar-refractivity contribution is -0.135. The molecule has 1 atom stereocenters. The molecule has 50 valence electrons. The molecule has 0 saturated heterocycles. The topological polar surface area (TPSA) is 38.7 Å². The van der Waals surface area contributed by atoms with Crippen LogP contribution in [0, 0.1) is 5.92 Å². The molecule has 0 N–H and O–H groups in total. The highest BCUT2D eigenvalue weighted by Gasteiger charge is 2.25. The molecule has 0 aromatic heterocycles. The van der Waals surface area contributed by atoms with E-state index in [0.717, 1.165) is 0 Å². The van der Waals surface area contributed by atoms with E-state index in [1.165, 1.54) is 6.40 Å². The summed E-state index contributed by atoms with van der Waals surface area (Å²) >= 11 is 0. The standard InChI is InChI=1S/C6H9NO2/c1-4(2)5-6(8)9-3-7-5/h3-5H,1-2H3. The maximum Gasteiger partial charge on any atom is 0.337 e. The molecule has 0 aromatic carbocycles. The molecule has 1 rings (SSSR count). The first-order valence-electron chi connectivity index (χ1n) is 2.94. The number of ether oxygens (including phenoxy) is 1. The molecular weight excluding hydrogens is 118 g/mol. The highest BCUT2D eigenvalue weighted by molar-refractivity contribution is 5.87. The number of esters is 1. The Morgan fingerprint density at radius 3 is 2.67 bits per heavy atom. The number of aliphatic imine (C=N–C) groups is 1. The largest absolute Gasteiger partial charge is 0.413 e. The van der Waals surface area contributed by atoms with Crippen LogP contribution in [0.5, 0.6) is 0 Å². The molecule has 3 nitrogen and oxygen atoms in total. The fraction of sp³-hybridized carbons (Fsp3) is 0.667. The van der Waals surface area contributed by atoms with Crippen LogP contribution in [-0.2, 0) is 9.53 Å². The van der Waals surface area contributed by atoms with E-state index in [9.17, 15) is 4.79 Å². The first-order valence-corrected chi connectivity index (χ1v) is 2.94. The average molecular weight is 127 g/mol. The van der Waals surface area contributed by atoms with E-state index < -0.39 is 0 Å². The molecule has 1 aliphatic rings. The molecule has 1 heterocycles. The van der Waals surface area contributed by atoms with Gasteiger partial charge in [-0.3, -0.25) is 0 Å². The third-order valence-corrected chi connectivity index (χ3v) is 1.26. The number of carbonyl (C=O) groups is 1. The molecule has 0 spiro atoms. The van der Waals surface area contributed by atoms with Gasteiger partial charge in [0, 0.05) is 0 Å². The normalized spacial score (nSPS) is 25.2. The minimum Gasteiger partial charge on any atom is -0.413 e. The van der Waals surface area contributed by atoms with Gasteiger partial charge in [0.25, 0.3) is 0 Å². The summed E-state index contributed by atoms with van der Waals surface area (Å²) in [5, 5.41) is 0. The quantitative estimate of drug-likeness (QED) is 0.484. The smallest absolute Gasteiger partial charge is 0.337 e. The molecule has 1 aliphatic heterocycles. The zero-order valence-electron chi connectivity index (χ0n) is 5.50. The minimum atomic E-state index is -0.259. The van der Waals surface area contributed by atoms with Crippen molar-refractivity contribution in [2.75, 3.05) is 0 Å². The van der Waals surface area contributed by atoms with Gasteiger partial charge >= 0.3 is 5.97 Å². The summed E-state index contributed by atoms with van der Waals surface area (Å²) in [7, 11) is 0. The molecule has 3 heteroatoms. The Kier molecular flexibility index (Phi) is 1.51. The van der Waals surface area contributed by atoms with Gasteiger partial charge in [-0.2, -0.15) is 0 Å². The zero-order chi connectivity index (χ0) is 6.85. The van der Waals surface area contributed by atoms with Gasteiger partial charge in [-0.25, -0.2) is 9.79 Å². The molecule has 9 heavy (non-hydrogen) atoms. The predicted octanol–water partition coefficient (Wildman–Crippen LogP) is 0.596. The average Bonchev–Trinajstić information content (AvgIpc) is 2.13. The second kappa shape index (κ2) is 2.17. The molecule has 0 fully saturated rings. The monoisotopic (exact) mass is 127 g/mol. The van der Waals surface area contributed by atoms with Gasteiger partial charge in [0.2, 0.25) is 0 Å². The van der Waals surface area contributed by atoms with Gasteiger partial charge in [0.15, 0.2) is 12.4 Å². The van der Waals surface area contributed by atoms with Gasteiger partial charge in [0.1, 0.15) is 0 Å². The summed E-state index contributed by atoms with van der Waals surface area (Å²) in [4.78, 5) is 14.5. The Morgan fingerprint density at radius 1 is 1.78 bits per heavy atom. The molecule has 0 aromatic rings. The number of rotatable bonds is 1. The number of carbonyl (C=O) groups excluding carboxylic acids is 1. The van der Waals surface area contributed by atoms with Gasteiger partial charge in [-0.1, -0.05) is 13.8 Å². The molecule has 1 unspecified atom stereocenters. The molecule has 0 saturated carbocycles. The summed E-state index contributed by atoms with van der Waals surface area (Å²) in [5.41, 5.74) is 0. The fourth-order valence-electron chi connectivity index (χ4n) is 0.723. The van der Waals surface area contributed by atoms with Crippen molar-refractivity contribution in [1.29, 1.82) is 0 Å². The van der Waals surface area contributed by atoms with Crippen LogP contribution < -0.4 is 0 Å². The van der Waals surface area contributed by atoms with Crippen LogP contribution in [0.4, 0.5) is 0 Å². The van der Waals surface area contributed by atoms with E-state index in [2.05, 4.69) is 9.73 Å². The highest BCUT2D eigenvalue weighted by Crippen LogP contribution is 2.11. The van der Waals surface area contributed by atoms with Gasteiger partial charge in [-0.05, 0) is 5.92 Å². The SMILES string of the molecule is CC(C)C1N=COC1=O. The Morgan fingerprint density at radius 2 is 2.44 bits per heavy atom. The van der Waals surface area contributed by atoms with Crippen molar-refractivity contribution in [1.82, 2.24) is 0 Å². The second-order valence-corrected chi connectivity index (χ2v) is 2.38. The van der Waals surface area contributed by atoms with E-state index in [4.69, 9.17) is 0 Å². The van der Waals surface area contributed by atoms with E-state index in [0.29, 0.717) is 0 Å². The van der Waals surface area contributed by atoms with Gasteiger partial charge in [-0.15, -0.1) is 0 Å². The lowest BCUT2D eigenvalue weighted by Crippen LogP contribution is -2.20. The number of cyclic esters (lactones) is 1. The second-order valence-electron chi connectivity index (χ2n) is 2.38. The maximum atomic E-state index is 10.7. The Bertz CT molecular complexity index is 151. The number of hydrogen-bond acceptors (Lipinski definition) is 3. The van der Waals surface area contributed by atoms with Crippen molar-refractivity contribution in [2.45, 2.75) is 19.9 Å². The van der Waals surface area contributed by atoms with Crippen molar-refractivity contribution < 1.29 is 9.53 Å². The molecular formula is C6H9NO2. The summed E-state index contributed by atoms with van der Waals surface area (Å²) < 4.78 is 4.50. The third kappa shape index (κ3) is 1.09. The Labute approximate surface area is 53.7 Å². The van der Waals surface area contributed by atoms with Crippen LogP contribution in [0.1, 0.15) is 13.8 Å². The maximum absolute atomic E-state index is 10.7. The summed E-state index contributed by atoms with van der Waals surface area (Å²) in [6, 6.07) is -0.259. The number of nitrogens with zero attached hydrogens (tertiary/aromatic N) is 1. The van der Waals surface area contributed by atoms with Crippen LogP contribution in [-0.4, -0.2) is 18.4 Å². The van der Waals surface area contributed by atoms with E-state index in [1.54, 1.807) is 0 Å². The molecule has 0 aliphatic carbocycles. The van der Waals surface area contributed by atoms with Crippen LogP contribution in [0.3, 0.4) is 0 Å². The van der Waals surface area contributed by atoms with Crippen LogP contribution >= 0.6 is 0 Å². The van der Waals surface area contributed by atoms with Gasteiger partial charge < -0.3 is 4.74 Å². The van der Waals surface area contributed by atoms with E-state index >= 15 is 0 Å². The number of hydrogen-bond donors (Lipinski definition) is 0. The molecule has 0 amide bonds. The van der Waals surface area contributed by atoms with Crippen LogP contribution in [0.2, 0.25) is 0 Å². The predicted molar refractivity (Wildman–Crippen MR) is 33.2 cm³/mol. The van der Waals surface area contributed by atoms with Crippen LogP contribution in [0.15, 0.2) is 4.99 Å². The summed E-state index contributed by atoms with van der Waals surface area (Å²) in [5.74, 6) is 0.0150. The Hall–Kier alpha value is -0.860. The van der Waals surface area contributed by atoms with Crippen molar-refractivity contribution in [3.05, 3.63) is 0 Å². The first kappa shape index (κ1) is 6.26. The first-order chi connectivity index (χ1) is 4.22. The lowest BCUT2D eigenvalue weighted by Gasteiger charge is -2.05. The van der Waals surface area contributed by atoms with Crippen molar-refractivity contribution in [3.8, 4) is 0 Å². The van der Waals surface area contributed by atoms with Crippen molar-refractivity contribution in [2.24, 2.45) is 10.9 Å². The summed E-state index contributed by atoms with van der Waals surface area (Å²) in [6.45, 7) is 3.88.